The molecule has 1 aliphatic heterocycles. The van der Waals surface area contributed by atoms with Crippen LogP contribution < -0.4 is 5.32 Å². The summed E-state index contributed by atoms with van der Waals surface area (Å²) in [7, 11) is 1.71. The minimum absolute atomic E-state index is 0.0461. The van der Waals surface area contributed by atoms with Gasteiger partial charge in [0.2, 0.25) is 11.7 Å². The van der Waals surface area contributed by atoms with Crippen molar-refractivity contribution in [2.45, 2.75) is 51.7 Å². The number of carbonyl (C=O) groups is 1. The predicted octanol–water partition coefficient (Wildman–Crippen LogP) is 3.81. The summed E-state index contributed by atoms with van der Waals surface area (Å²) in [5, 5.41) is 15.8. The number of anilines is 1. The third kappa shape index (κ3) is 5.44. The summed E-state index contributed by atoms with van der Waals surface area (Å²) in [6, 6.07) is 6.79. The van der Waals surface area contributed by atoms with Crippen LogP contribution in [-0.2, 0) is 30.9 Å². The van der Waals surface area contributed by atoms with E-state index in [1.165, 1.54) is 16.9 Å². The lowest BCUT2D eigenvalue weighted by Crippen LogP contribution is -2.51. The van der Waals surface area contributed by atoms with Crippen molar-refractivity contribution in [1.82, 2.24) is 30.1 Å². The number of benzene rings is 1. The minimum Gasteiger partial charge on any atom is -0.363 e. The minimum atomic E-state index is -4.40. The van der Waals surface area contributed by atoms with Crippen LogP contribution >= 0.6 is 0 Å². The van der Waals surface area contributed by atoms with Gasteiger partial charge in [-0.25, -0.2) is 4.98 Å². The van der Waals surface area contributed by atoms with Crippen molar-refractivity contribution in [3.63, 3.8) is 0 Å². The number of pyridine rings is 1. The van der Waals surface area contributed by atoms with Crippen molar-refractivity contribution in [1.29, 1.82) is 0 Å². The Kier molecular flexibility index (Phi) is 6.52. The van der Waals surface area contributed by atoms with Gasteiger partial charge in [-0.05, 0) is 68.2 Å². The Morgan fingerprint density at radius 2 is 1.97 bits per heavy atom. The van der Waals surface area contributed by atoms with E-state index in [1.54, 1.807) is 11.9 Å². The van der Waals surface area contributed by atoms with Gasteiger partial charge in [-0.2, -0.15) is 18.0 Å². The zero-order chi connectivity index (χ0) is 25.4. The highest BCUT2D eigenvalue weighted by atomic mass is 19.4. The molecule has 0 saturated heterocycles. The number of alkyl halides is 3. The average molecular weight is 488 g/mol. The first-order chi connectivity index (χ1) is 16.5. The van der Waals surface area contributed by atoms with E-state index < -0.39 is 17.3 Å². The molecule has 0 unspecified atom stereocenters. The van der Waals surface area contributed by atoms with Gasteiger partial charge in [0.25, 0.3) is 0 Å². The molecule has 0 fully saturated rings. The van der Waals surface area contributed by atoms with E-state index in [2.05, 4.69) is 27.7 Å². The van der Waals surface area contributed by atoms with Crippen molar-refractivity contribution in [2.24, 2.45) is 7.05 Å². The van der Waals surface area contributed by atoms with Gasteiger partial charge in [0.1, 0.15) is 5.82 Å². The normalized spacial score (nSPS) is 17.6. The molecule has 35 heavy (non-hydrogen) atoms. The fraction of sp³-hybridized carbons (Fsp3) is 0.458. The van der Waals surface area contributed by atoms with Gasteiger partial charge in [0.15, 0.2) is 0 Å². The molecule has 186 valence electrons. The largest absolute Gasteiger partial charge is 0.416 e. The number of amides is 1. The maximum atomic E-state index is 13.0. The summed E-state index contributed by atoms with van der Waals surface area (Å²) in [6.45, 7) is 6.79. The fourth-order valence-electron chi connectivity index (χ4n) is 4.34. The summed E-state index contributed by atoms with van der Waals surface area (Å²) < 4.78 is 38.4. The second-order valence-corrected chi connectivity index (χ2v) is 9.20. The van der Waals surface area contributed by atoms with Crippen LogP contribution in [0.15, 0.2) is 30.3 Å². The first-order valence-electron chi connectivity index (χ1n) is 11.4. The predicted molar refractivity (Wildman–Crippen MR) is 125 cm³/mol. The van der Waals surface area contributed by atoms with Crippen LogP contribution in [-0.4, -0.2) is 54.6 Å². The van der Waals surface area contributed by atoms with Gasteiger partial charge in [-0.3, -0.25) is 4.79 Å². The summed E-state index contributed by atoms with van der Waals surface area (Å²) >= 11 is 0. The number of nitrogens with one attached hydrogen (secondary N) is 1. The van der Waals surface area contributed by atoms with Crippen LogP contribution in [0, 0.1) is 6.92 Å². The van der Waals surface area contributed by atoms with Gasteiger partial charge in [-0.15, -0.1) is 10.2 Å². The molecule has 4 rings (SSSR count). The van der Waals surface area contributed by atoms with Gasteiger partial charge in [0, 0.05) is 18.7 Å². The molecule has 8 nitrogen and oxygen atoms in total. The lowest BCUT2D eigenvalue weighted by molar-refractivity contribution is -0.137. The average Bonchev–Trinajstić information content (AvgIpc) is 3.22. The smallest absolute Gasteiger partial charge is 0.363 e. The fourth-order valence-corrected chi connectivity index (χ4v) is 4.34. The number of hydrogen-bond donors (Lipinski definition) is 1. The molecule has 1 atom stereocenters. The molecule has 3 aromatic rings. The lowest BCUT2D eigenvalue weighted by Gasteiger charge is -2.40. The van der Waals surface area contributed by atoms with Crippen molar-refractivity contribution in [3.05, 3.63) is 52.7 Å². The molecule has 0 bridgehead atoms. The third-order valence-electron chi connectivity index (χ3n) is 6.32. The van der Waals surface area contributed by atoms with Crippen LogP contribution in [0.5, 0.6) is 0 Å². The highest BCUT2D eigenvalue weighted by Crippen LogP contribution is 2.34. The quantitative estimate of drug-likeness (QED) is 0.569. The second kappa shape index (κ2) is 9.27. The Hall–Kier alpha value is -3.50. The van der Waals surface area contributed by atoms with E-state index in [-0.39, 0.29) is 12.3 Å². The summed E-state index contributed by atoms with van der Waals surface area (Å²) in [4.78, 5) is 20.9. The SMILES string of the molecule is CCN(C[C@@]1(C)CCc2cc(-c3nnn(C)n3)c(C)nc2N1)C(=O)Cc1ccc(C(F)(F)F)cc1. The number of aromatic nitrogens is 5. The van der Waals surface area contributed by atoms with Crippen LogP contribution in [0.25, 0.3) is 11.4 Å². The number of hydrogen-bond acceptors (Lipinski definition) is 6. The number of likely N-dealkylation sites (N-methyl/N-ethyl adjacent to an activating group) is 1. The van der Waals surface area contributed by atoms with E-state index in [1.807, 2.05) is 19.9 Å². The molecule has 0 saturated carbocycles. The summed E-state index contributed by atoms with van der Waals surface area (Å²) in [5.74, 6) is 1.17. The maximum absolute atomic E-state index is 13.0. The van der Waals surface area contributed by atoms with Gasteiger partial charge in [-0.1, -0.05) is 12.1 Å². The molecule has 1 amide bonds. The molecule has 0 radical (unpaired) electrons. The van der Waals surface area contributed by atoms with E-state index >= 15 is 0 Å². The molecular formula is C24H28F3N7O. The molecule has 0 aliphatic carbocycles. The Labute approximate surface area is 201 Å². The molecule has 11 heteroatoms. The third-order valence-corrected chi connectivity index (χ3v) is 6.32. The van der Waals surface area contributed by atoms with Crippen LogP contribution in [0.4, 0.5) is 19.0 Å². The van der Waals surface area contributed by atoms with Crippen molar-refractivity contribution in [2.75, 3.05) is 18.4 Å². The monoisotopic (exact) mass is 487 g/mol. The van der Waals surface area contributed by atoms with Gasteiger partial charge in [0.05, 0.1) is 30.3 Å². The molecule has 0 spiro atoms. The molecule has 2 aromatic heterocycles. The number of nitrogens with zero attached hydrogens (tertiary/aromatic N) is 6. The van der Waals surface area contributed by atoms with E-state index in [0.29, 0.717) is 24.5 Å². The number of carbonyl (C=O) groups excluding carboxylic acids is 1. The van der Waals surface area contributed by atoms with E-state index in [9.17, 15) is 18.0 Å². The summed E-state index contributed by atoms with van der Waals surface area (Å²) in [5.41, 5.74) is 2.10. The van der Waals surface area contributed by atoms with Crippen molar-refractivity contribution < 1.29 is 18.0 Å². The molecule has 3 heterocycles. The lowest BCUT2D eigenvalue weighted by atomic mass is 9.87. The van der Waals surface area contributed by atoms with Crippen LogP contribution in [0.2, 0.25) is 0 Å². The zero-order valence-corrected chi connectivity index (χ0v) is 20.1. The maximum Gasteiger partial charge on any atom is 0.416 e. The molecule has 1 N–H and O–H groups in total. The first-order valence-corrected chi connectivity index (χ1v) is 11.4. The zero-order valence-electron chi connectivity index (χ0n) is 20.1. The second-order valence-electron chi connectivity index (χ2n) is 9.20. The molecule has 1 aliphatic rings. The number of halogens is 3. The Bertz CT molecular complexity index is 1220. The first kappa shape index (κ1) is 24.6. The Balaban J connectivity index is 1.45. The van der Waals surface area contributed by atoms with Crippen LogP contribution in [0.3, 0.4) is 0 Å². The number of aryl methyl sites for hydroxylation is 3. The number of tetrazole rings is 1. The number of fused-ring (bicyclic) bond motifs is 1. The highest BCUT2D eigenvalue weighted by molar-refractivity contribution is 5.79. The Morgan fingerprint density at radius 3 is 2.57 bits per heavy atom. The highest BCUT2D eigenvalue weighted by Gasteiger charge is 2.34. The molecular weight excluding hydrogens is 459 g/mol. The topological polar surface area (TPSA) is 88.8 Å². The van der Waals surface area contributed by atoms with Crippen molar-refractivity contribution >= 4 is 11.7 Å². The van der Waals surface area contributed by atoms with E-state index in [0.717, 1.165) is 47.6 Å². The summed E-state index contributed by atoms with van der Waals surface area (Å²) in [6.07, 6.45) is -2.80. The standard InChI is InChI=1S/C24H28F3N7O/c1-5-34(20(35)12-16-6-8-18(9-7-16)24(25,26)27)14-23(3)11-10-17-13-19(15(2)28-21(17)29-23)22-30-32-33(4)31-22/h6-9,13H,5,10-12,14H2,1-4H3,(H,28,29)/t23-/m1/s1. The van der Waals surface area contributed by atoms with Crippen LogP contribution in [0.1, 0.15) is 42.7 Å². The molecule has 1 aromatic carbocycles. The van der Waals surface area contributed by atoms with Gasteiger partial charge < -0.3 is 10.2 Å². The Morgan fingerprint density at radius 1 is 1.26 bits per heavy atom. The number of rotatable bonds is 6. The van der Waals surface area contributed by atoms with Crippen molar-refractivity contribution in [3.8, 4) is 11.4 Å². The van der Waals surface area contributed by atoms with E-state index in [4.69, 9.17) is 4.98 Å². The van der Waals surface area contributed by atoms with Gasteiger partial charge >= 0.3 is 6.18 Å².